The summed E-state index contributed by atoms with van der Waals surface area (Å²) in [7, 11) is 2.25. The van der Waals surface area contributed by atoms with E-state index in [0.717, 1.165) is 6.04 Å². The molecule has 1 fully saturated rings. The predicted molar refractivity (Wildman–Crippen MR) is 56.7 cm³/mol. The number of allylic oxidation sites excluding steroid dienone is 3. The molecule has 0 saturated heterocycles. The zero-order valence-corrected chi connectivity index (χ0v) is 8.71. The fraction of sp³-hybridized carbons (Fsp3) is 0.667. The minimum Gasteiger partial charge on any atom is -0.299 e. The Labute approximate surface area is 81.1 Å². The van der Waals surface area contributed by atoms with E-state index in [1.165, 1.54) is 37.8 Å². The zero-order valence-electron chi connectivity index (χ0n) is 8.71. The number of rotatable bonds is 3. The van der Waals surface area contributed by atoms with Crippen LogP contribution in [-0.2, 0) is 0 Å². The van der Waals surface area contributed by atoms with Crippen LogP contribution in [0.25, 0.3) is 0 Å². The van der Waals surface area contributed by atoms with Crippen LogP contribution in [0.4, 0.5) is 0 Å². The van der Waals surface area contributed by atoms with E-state index in [9.17, 15) is 0 Å². The first-order valence-electron chi connectivity index (χ1n) is 5.31. The standard InChI is InChI=1S/C12H19N/c1-10-3-5-11(6-4-10)9-13(2)12-7-8-12/h3,5,12H,4,6-9H2,1-2H3. The van der Waals surface area contributed by atoms with E-state index >= 15 is 0 Å². The molecule has 0 spiro atoms. The number of likely N-dealkylation sites (N-methyl/N-ethyl adjacent to an activating group) is 1. The van der Waals surface area contributed by atoms with Gasteiger partial charge in [-0.05, 0) is 39.7 Å². The number of hydrogen-bond donors (Lipinski definition) is 0. The highest BCUT2D eigenvalue weighted by atomic mass is 15.1. The maximum Gasteiger partial charge on any atom is 0.0195 e. The van der Waals surface area contributed by atoms with E-state index in [2.05, 4.69) is 31.0 Å². The van der Waals surface area contributed by atoms with Crippen molar-refractivity contribution < 1.29 is 0 Å². The van der Waals surface area contributed by atoms with Crippen molar-refractivity contribution >= 4 is 0 Å². The molecule has 0 bridgehead atoms. The lowest BCUT2D eigenvalue weighted by molar-refractivity contribution is 0.348. The molecule has 13 heavy (non-hydrogen) atoms. The summed E-state index contributed by atoms with van der Waals surface area (Å²) in [6.07, 6.45) is 9.97. The third-order valence-corrected chi connectivity index (χ3v) is 3.07. The molecule has 1 heteroatoms. The molecule has 0 aliphatic heterocycles. The third-order valence-electron chi connectivity index (χ3n) is 3.07. The summed E-state index contributed by atoms with van der Waals surface area (Å²) in [5.74, 6) is 0. The van der Waals surface area contributed by atoms with Gasteiger partial charge in [-0.3, -0.25) is 4.90 Å². The molecule has 0 N–H and O–H groups in total. The summed E-state index contributed by atoms with van der Waals surface area (Å²) in [6, 6.07) is 0.896. The Bertz CT molecular complexity index is 246. The summed E-state index contributed by atoms with van der Waals surface area (Å²) in [5.41, 5.74) is 3.14. The van der Waals surface area contributed by atoms with Gasteiger partial charge in [0.15, 0.2) is 0 Å². The molecule has 72 valence electrons. The van der Waals surface area contributed by atoms with Gasteiger partial charge in [-0.25, -0.2) is 0 Å². The predicted octanol–water partition coefficient (Wildman–Crippen LogP) is 2.75. The molecular weight excluding hydrogens is 158 g/mol. The second-order valence-corrected chi connectivity index (χ2v) is 4.48. The van der Waals surface area contributed by atoms with E-state index < -0.39 is 0 Å². The molecule has 1 saturated carbocycles. The summed E-state index contributed by atoms with van der Waals surface area (Å²) in [4.78, 5) is 2.50. The molecule has 0 amide bonds. The van der Waals surface area contributed by atoms with Gasteiger partial charge < -0.3 is 0 Å². The van der Waals surface area contributed by atoms with Crippen LogP contribution in [0.1, 0.15) is 32.6 Å². The normalized spacial score (nSPS) is 23.0. The molecule has 0 aromatic heterocycles. The highest BCUT2D eigenvalue weighted by Gasteiger charge is 2.26. The van der Waals surface area contributed by atoms with E-state index in [1.54, 1.807) is 5.57 Å². The van der Waals surface area contributed by atoms with Crippen molar-refractivity contribution in [3.05, 3.63) is 23.3 Å². The molecule has 2 rings (SSSR count). The molecular formula is C12H19N. The van der Waals surface area contributed by atoms with Gasteiger partial charge in [0.05, 0.1) is 0 Å². The topological polar surface area (TPSA) is 3.24 Å². The van der Waals surface area contributed by atoms with Crippen LogP contribution in [0.2, 0.25) is 0 Å². The minimum absolute atomic E-state index is 0.896. The smallest absolute Gasteiger partial charge is 0.0195 e. The van der Waals surface area contributed by atoms with Crippen molar-refractivity contribution in [2.45, 2.75) is 38.6 Å². The van der Waals surface area contributed by atoms with E-state index in [4.69, 9.17) is 0 Å². The van der Waals surface area contributed by atoms with Crippen molar-refractivity contribution in [1.82, 2.24) is 4.90 Å². The summed E-state index contributed by atoms with van der Waals surface area (Å²) in [6.45, 7) is 3.41. The molecule has 2 aliphatic carbocycles. The first-order chi connectivity index (χ1) is 6.25. The van der Waals surface area contributed by atoms with Crippen LogP contribution in [0, 0.1) is 0 Å². The van der Waals surface area contributed by atoms with E-state index in [1.807, 2.05) is 0 Å². The van der Waals surface area contributed by atoms with Gasteiger partial charge in [0, 0.05) is 12.6 Å². The molecule has 0 aromatic carbocycles. The Morgan fingerprint density at radius 2 is 2.08 bits per heavy atom. The van der Waals surface area contributed by atoms with Crippen molar-refractivity contribution in [2.75, 3.05) is 13.6 Å². The lowest BCUT2D eigenvalue weighted by Gasteiger charge is -2.19. The Morgan fingerprint density at radius 3 is 2.62 bits per heavy atom. The zero-order chi connectivity index (χ0) is 9.26. The van der Waals surface area contributed by atoms with Gasteiger partial charge in [0.2, 0.25) is 0 Å². The van der Waals surface area contributed by atoms with E-state index in [0.29, 0.717) is 0 Å². The third kappa shape index (κ3) is 2.44. The molecule has 0 radical (unpaired) electrons. The average Bonchev–Trinajstić information content (AvgIpc) is 2.91. The van der Waals surface area contributed by atoms with Gasteiger partial charge in [-0.1, -0.05) is 23.3 Å². The quantitative estimate of drug-likeness (QED) is 0.640. The fourth-order valence-corrected chi connectivity index (χ4v) is 1.88. The summed E-state index contributed by atoms with van der Waals surface area (Å²) >= 11 is 0. The van der Waals surface area contributed by atoms with Crippen LogP contribution >= 0.6 is 0 Å². The molecule has 0 aromatic rings. The summed E-state index contributed by atoms with van der Waals surface area (Å²) < 4.78 is 0. The van der Waals surface area contributed by atoms with Gasteiger partial charge in [0.25, 0.3) is 0 Å². The van der Waals surface area contributed by atoms with Crippen molar-refractivity contribution in [2.24, 2.45) is 0 Å². The first kappa shape index (κ1) is 9.01. The van der Waals surface area contributed by atoms with Crippen LogP contribution in [0.5, 0.6) is 0 Å². The maximum absolute atomic E-state index is 2.50. The molecule has 1 nitrogen and oxygen atoms in total. The Balaban J connectivity index is 1.87. The van der Waals surface area contributed by atoms with Crippen molar-refractivity contribution in [3.63, 3.8) is 0 Å². The number of hydrogen-bond acceptors (Lipinski definition) is 1. The van der Waals surface area contributed by atoms with Crippen LogP contribution in [0.15, 0.2) is 23.3 Å². The van der Waals surface area contributed by atoms with Gasteiger partial charge in [-0.15, -0.1) is 0 Å². The second kappa shape index (κ2) is 3.67. The molecule has 0 atom stereocenters. The lowest BCUT2D eigenvalue weighted by Crippen LogP contribution is -2.23. The Kier molecular flexibility index (Phi) is 2.54. The van der Waals surface area contributed by atoms with Gasteiger partial charge in [-0.2, -0.15) is 0 Å². The van der Waals surface area contributed by atoms with Crippen LogP contribution in [0.3, 0.4) is 0 Å². The Morgan fingerprint density at radius 1 is 1.31 bits per heavy atom. The second-order valence-electron chi connectivity index (χ2n) is 4.48. The highest BCUT2D eigenvalue weighted by molar-refractivity contribution is 5.23. The number of nitrogens with zero attached hydrogens (tertiary/aromatic N) is 1. The summed E-state index contributed by atoms with van der Waals surface area (Å²) in [5, 5.41) is 0. The van der Waals surface area contributed by atoms with Crippen molar-refractivity contribution in [3.8, 4) is 0 Å². The molecule has 0 heterocycles. The molecule has 0 unspecified atom stereocenters. The first-order valence-corrected chi connectivity index (χ1v) is 5.31. The van der Waals surface area contributed by atoms with Gasteiger partial charge >= 0.3 is 0 Å². The fourth-order valence-electron chi connectivity index (χ4n) is 1.88. The van der Waals surface area contributed by atoms with E-state index in [-0.39, 0.29) is 0 Å². The van der Waals surface area contributed by atoms with Crippen LogP contribution in [-0.4, -0.2) is 24.5 Å². The monoisotopic (exact) mass is 177 g/mol. The molecule has 2 aliphatic rings. The largest absolute Gasteiger partial charge is 0.299 e. The SMILES string of the molecule is CC1=CC=C(CN(C)C2CC2)CC1. The lowest BCUT2D eigenvalue weighted by atomic mass is 9.99. The van der Waals surface area contributed by atoms with Gasteiger partial charge in [0.1, 0.15) is 0 Å². The minimum atomic E-state index is 0.896. The van der Waals surface area contributed by atoms with Crippen molar-refractivity contribution in [1.29, 1.82) is 0 Å². The highest BCUT2D eigenvalue weighted by Crippen LogP contribution is 2.27. The maximum atomic E-state index is 2.50. The van der Waals surface area contributed by atoms with Crippen LogP contribution < -0.4 is 0 Å². The average molecular weight is 177 g/mol. The Hall–Kier alpha value is -0.560.